The monoisotopic (exact) mass is 510 g/mol. The van der Waals surface area contributed by atoms with Gasteiger partial charge in [0.15, 0.2) is 11.5 Å². The minimum Gasteiger partial charge on any atom is -0.493 e. The molecule has 10 heteroatoms. The number of carbonyl (C=O) groups is 2. The van der Waals surface area contributed by atoms with E-state index in [0.717, 1.165) is 10.5 Å². The summed E-state index contributed by atoms with van der Waals surface area (Å²) in [7, 11) is 1.42. The van der Waals surface area contributed by atoms with E-state index in [-0.39, 0.29) is 40.8 Å². The summed E-state index contributed by atoms with van der Waals surface area (Å²) in [5, 5.41) is 11.8. The second kappa shape index (κ2) is 10.6. The lowest BCUT2D eigenvalue weighted by molar-refractivity contribution is -0.385. The van der Waals surface area contributed by atoms with Gasteiger partial charge >= 0.3 is 0 Å². The summed E-state index contributed by atoms with van der Waals surface area (Å²) in [5.74, 6) is -0.0946. The molecule has 0 aromatic heterocycles. The Balaban J connectivity index is 1.62. The van der Waals surface area contributed by atoms with Crippen LogP contribution in [0.4, 0.5) is 10.5 Å². The largest absolute Gasteiger partial charge is 0.493 e. The standard InChI is InChI=1S/C25H19ClN2O6S/c1-33-21-11-18(20(28(31)32)13-22(21)34-15-16-6-3-2-4-7-16)12-23-24(29)27(25(30)35-23)14-17-8-5-9-19(26)10-17/h2-13H,14-15H2,1H3/b23-12-. The molecule has 0 N–H and O–H groups in total. The fourth-order valence-electron chi connectivity index (χ4n) is 3.44. The number of ether oxygens (including phenoxy) is 2. The van der Waals surface area contributed by atoms with Crippen molar-refractivity contribution in [3.63, 3.8) is 0 Å². The van der Waals surface area contributed by atoms with Crippen molar-refractivity contribution in [2.75, 3.05) is 7.11 Å². The molecular weight excluding hydrogens is 492 g/mol. The first-order valence-corrected chi connectivity index (χ1v) is 11.6. The van der Waals surface area contributed by atoms with Crippen molar-refractivity contribution in [1.82, 2.24) is 4.90 Å². The number of amides is 2. The molecule has 8 nitrogen and oxygen atoms in total. The Bertz CT molecular complexity index is 1330. The van der Waals surface area contributed by atoms with E-state index in [1.165, 1.54) is 25.3 Å². The number of hydrogen-bond donors (Lipinski definition) is 0. The SMILES string of the molecule is COc1cc(/C=C2\SC(=O)N(Cc3cccc(Cl)c3)C2=O)c([N+](=O)[O-])cc1OCc1ccccc1. The lowest BCUT2D eigenvalue weighted by Gasteiger charge is -2.13. The molecule has 0 unspecified atom stereocenters. The van der Waals surface area contributed by atoms with Crippen molar-refractivity contribution in [3.8, 4) is 11.5 Å². The average molecular weight is 511 g/mol. The number of rotatable bonds is 8. The van der Waals surface area contributed by atoms with Crippen LogP contribution in [0.3, 0.4) is 0 Å². The number of nitro benzene ring substituents is 1. The Kier molecular flexibility index (Phi) is 7.38. The van der Waals surface area contributed by atoms with Crippen LogP contribution in [-0.4, -0.2) is 28.1 Å². The third-order valence-corrected chi connectivity index (χ3v) is 6.28. The molecule has 0 saturated carbocycles. The second-order valence-corrected chi connectivity index (χ2v) is 8.92. The molecule has 0 radical (unpaired) electrons. The van der Waals surface area contributed by atoms with E-state index in [0.29, 0.717) is 22.3 Å². The Labute approximate surface area is 210 Å². The van der Waals surface area contributed by atoms with Gasteiger partial charge in [-0.2, -0.15) is 0 Å². The fourth-order valence-corrected chi connectivity index (χ4v) is 4.48. The first-order valence-electron chi connectivity index (χ1n) is 10.4. The number of hydrogen-bond acceptors (Lipinski definition) is 7. The highest BCUT2D eigenvalue weighted by molar-refractivity contribution is 8.18. The maximum atomic E-state index is 12.9. The molecule has 3 aromatic rings. The highest BCUT2D eigenvalue weighted by atomic mass is 35.5. The van der Waals surface area contributed by atoms with Crippen molar-refractivity contribution >= 4 is 46.3 Å². The summed E-state index contributed by atoms with van der Waals surface area (Å²) in [4.78, 5) is 37.8. The number of halogens is 1. The predicted octanol–water partition coefficient (Wildman–Crippen LogP) is 6.07. The van der Waals surface area contributed by atoms with Crippen LogP contribution in [0.15, 0.2) is 71.6 Å². The molecule has 0 aliphatic carbocycles. The third-order valence-electron chi connectivity index (χ3n) is 5.14. The highest BCUT2D eigenvalue weighted by Crippen LogP contribution is 2.39. The molecule has 1 saturated heterocycles. The summed E-state index contributed by atoms with van der Waals surface area (Å²) in [6, 6.07) is 18.8. The van der Waals surface area contributed by atoms with Crippen molar-refractivity contribution in [1.29, 1.82) is 0 Å². The summed E-state index contributed by atoms with van der Waals surface area (Å²) in [5.41, 5.74) is 1.41. The van der Waals surface area contributed by atoms with Crippen LogP contribution in [0, 0.1) is 10.1 Å². The zero-order valence-corrected chi connectivity index (χ0v) is 20.0. The van der Waals surface area contributed by atoms with Gasteiger partial charge < -0.3 is 9.47 Å². The van der Waals surface area contributed by atoms with Gasteiger partial charge in [-0.15, -0.1) is 0 Å². The maximum absolute atomic E-state index is 12.9. The second-order valence-electron chi connectivity index (χ2n) is 7.49. The van der Waals surface area contributed by atoms with E-state index in [9.17, 15) is 19.7 Å². The van der Waals surface area contributed by atoms with Gasteiger partial charge in [0.2, 0.25) is 0 Å². The molecule has 2 amide bonds. The molecule has 178 valence electrons. The van der Waals surface area contributed by atoms with E-state index in [1.54, 1.807) is 24.3 Å². The normalized spacial score (nSPS) is 14.5. The van der Waals surface area contributed by atoms with E-state index in [4.69, 9.17) is 21.1 Å². The predicted molar refractivity (Wildman–Crippen MR) is 133 cm³/mol. The smallest absolute Gasteiger partial charge is 0.293 e. The summed E-state index contributed by atoms with van der Waals surface area (Å²) < 4.78 is 11.1. The van der Waals surface area contributed by atoms with Gasteiger partial charge in [-0.25, -0.2) is 0 Å². The fraction of sp³-hybridized carbons (Fsp3) is 0.120. The molecule has 4 rings (SSSR count). The molecule has 35 heavy (non-hydrogen) atoms. The topological polar surface area (TPSA) is 99.0 Å². The van der Waals surface area contributed by atoms with Crippen molar-refractivity contribution in [2.45, 2.75) is 13.2 Å². The first kappa shape index (κ1) is 24.3. The number of benzene rings is 3. The Morgan fingerprint density at radius 3 is 2.46 bits per heavy atom. The van der Waals surface area contributed by atoms with Crippen LogP contribution >= 0.6 is 23.4 Å². The van der Waals surface area contributed by atoms with Gasteiger partial charge in [0, 0.05) is 5.02 Å². The third kappa shape index (κ3) is 5.64. The van der Waals surface area contributed by atoms with Crippen LogP contribution in [0.1, 0.15) is 16.7 Å². The van der Waals surface area contributed by atoms with Crippen LogP contribution in [0.25, 0.3) is 6.08 Å². The van der Waals surface area contributed by atoms with Crippen molar-refractivity contribution < 1.29 is 24.0 Å². The number of methoxy groups -OCH3 is 1. The number of carbonyl (C=O) groups excluding carboxylic acids is 2. The minimum atomic E-state index is -0.573. The van der Waals surface area contributed by atoms with Gasteiger partial charge in [0.25, 0.3) is 16.8 Å². The summed E-state index contributed by atoms with van der Waals surface area (Å²) >= 11 is 6.71. The summed E-state index contributed by atoms with van der Waals surface area (Å²) in [6.07, 6.45) is 1.32. The Morgan fingerprint density at radius 2 is 1.77 bits per heavy atom. The molecule has 0 atom stereocenters. The van der Waals surface area contributed by atoms with Crippen LogP contribution in [0.2, 0.25) is 5.02 Å². The molecule has 0 bridgehead atoms. The molecule has 1 aliphatic rings. The van der Waals surface area contributed by atoms with Crippen molar-refractivity contribution in [2.24, 2.45) is 0 Å². The lowest BCUT2D eigenvalue weighted by Crippen LogP contribution is -2.27. The van der Waals surface area contributed by atoms with Crippen molar-refractivity contribution in [3.05, 3.63) is 103 Å². The van der Waals surface area contributed by atoms with Gasteiger partial charge in [-0.05, 0) is 47.2 Å². The van der Waals surface area contributed by atoms with Crippen LogP contribution in [-0.2, 0) is 17.9 Å². The molecule has 0 spiro atoms. The van der Waals surface area contributed by atoms with Gasteiger partial charge in [0.05, 0.1) is 35.1 Å². The Morgan fingerprint density at radius 1 is 1.03 bits per heavy atom. The zero-order valence-electron chi connectivity index (χ0n) is 18.5. The van der Waals surface area contributed by atoms with Gasteiger partial charge in [0.1, 0.15) is 6.61 Å². The Hall–Kier alpha value is -3.82. The van der Waals surface area contributed by atoms with E-state index < -0.39 is 16.1 Å². The zero-order chi connectivity index (χ0) is 24.9. The highest BCUT2D eigenvalue weighted by Gasteiger charge is 2.35. The molecule has 1 fully saturated rings. The molecule has 3 aromatic carbocycles. The number of thioether (sulfide) groups is 1. The summed E-state index contributed by atoms with van der Waals surface area (Å²) in [6.45, 7) is 0.232. The number of nitrogens with zero attached hydrogens (tertiary/aromatic N) is 2. The average Bonchev–Trinajstić information content (AvgIpc) is 3.10. The van der Waals surface area contributed by atoms with Crippen LogP contribution in [0.5, 0.6) is 11.5 Å². The minimum absolute atomic E-state index is 0.0419. The van der Waals surface area contributed by atoms with E-state index in [1.807, 2.05) is 30.3 Å². The first-order chi connectivity index (χ1) is 16.9. The number of imide groups is 1. The molecule has 1 aliphatic heterocycles. The maximum Gasteiger partial charge on any atom is 0.293 e. The van der Waals surface area contributed by atoms with Gasteiger partial charge in [-0.1, -0.05) is 54.1 Å². The van der Waals surface area contributed by atoms with E-state index >= 15 is 0 Å². The van der Waals surface area contributed by atoms with Crippen LogP contribution < -0.4 is 9.47 Å². The quantitative estimate of drug-likeness (QED) is 0.206. The lowest BCUT2D eigenvalue weighted by atomic mass is 10.1. The number of nitro groups is 1. The van der Waals surface area contributed by atoms with E-state index in [2.05, 4.69) is 0 Å². The molecular formula is C25H19ClN2O6S. The van der Waals surface area contributed by atoms with Gasteiger partial charge in [-0.3, -0.25) is 24.6 Å². The molecule has 1 heterocycles.